The smallest absolute Gasteiger partial charge is 0.0636 e. The standard InChI is InChI=1S/C9H13NO/c1-7(2)8-5-3-4-6-9(8)10-11/h3-7,10-11H,1-2H3. The van der Waals surface area contributed by atoms with Gasteiger partial charge in [-0.3, -0.25) is 10.7 Å². The molecule has 0 amide bonds. The second-order valence-corrected chi connectivity index (χ2v) is 2.85. The second kappa shape index (κ2) is 3.39. The van der Waals surface area contributed by atoms with Crippen molar-refractivity contribution in [3.8, 4) is 0 Å². The van der Waals surface area contributed by atoms with Crippen molar-refractivity contribution in [2.24, 2.45) is 0 Å². The number of anilines is 1. The van der Waals surface area contributed by atoms with Crippen LogP contribution in [0.5, 0.6) is 0 Å². The molecule has 0 unspecified atom stereocenters. The molecule has 0 fully saturated rings. The van der Waals surface area contributed by atoms with Crippen LogP contribution >= 0.6 is 0 Å². The van der Waals surface area contributed by atoms with Crippen molar-refractivity contribution in [2.75, 3.05) is 5.48 Å². The minimum absolute atomic E-state index is 0.436. The van der Waals surface area contributed by atoms with Gasteiger partial charge in [-0.1, -0.05) is 32.0 Å². The molecule has 11 heavy (non-hydrogen) atoms. The maximum absolute atomic E-state index is 8.72. The average molecular weight is 151 g/mol. The van der Waals surface area contributed by atoms with Gasteiger partial charge in [0.25, 0.3) is 0 Å². The lowest BCUT2D eigenvalue weighted by Gasteiger charge is -2.09. The summed E-state index contributed by atoms with van der Waals surface area (Å²) in [4.78, 5) is 0. The van der Waals surface area contributed by atoms with Gasteiger partial charge in [0, 0.05) is 0 Å². The molecule has 0 spiro atoms. The van der Waals surface area contributed by atoms with Crippen LogP contribution in [-0.2, 0) is 0 Å². The molecule has 0 atom stereocenters. The molecule has 1 aromatic rings. The topological polar surface area (TPSA) is 32.3 Å². The predicted molar refractivity (Wildman–Crippen MR) is 45.9 cm³/mol. The average Bonchev–Trinajstić information content (AvgIpc) is 2.04. The quantitative estimate of drug-likeness (QED) is 0.637. The molecule has 0 saturated carbocycles. The highest BCUT2D eigenvalue weighted by molar-refractivity contribution is 5.50. The Morgan fingerprint density at radius 3 is 2.36 bits per heavy atom. The number of hydrogen-bond acceptors (Lipinski definition) is 2. The van der Waals surface area contributed by atoms with E-state index < -0.39 is 0 Å². The molecule has 1 aromatic carbocycles. The highest BCUT2D eigenvalue weighted by atomic mass is 16.5. The van der Waals surface area contributed by atoms with Crippen molar-refractivity contribution in [1.82, 2.24) is 0 Å². The zero-order chi connectivity index (χ0) is 8.27. The lowest BCUT2D eigenvalue weighted by Crippen LogP contribution is -1.96. The van der Waals surface area contributed by atoms with Gasteiger partial charge in [0.05, 0.1) is 5.69 Å². The summed E-state index contributed by atoms with van der Waals surface area (Å²) in [6.45, 7) is 4.19. The molecular weight excluding hydrogens is 138 g/mol. The summed E-state index contributed by atoms with van der Waals surface area (Å²) in [6, 6.07) is 7.72. The Labute approximate surface area is 66.8 Å². The molecule has 1 rings (SSSR count). The van der Waals surface area contributed by atoms with Crippen molar-refractivity contribution in [3.63, 3.8) is 0 Å². The van der Waals surface area contributed by atoms with E-state index in [2.05, 4.69) is 19.3 Å². The SMILES string of the molecule is CC(C)c1ccccc1NO. The van der Waals surface area contributed by atoms with Crippen LogP contribution in [0.2, 0.25) is 0 Å². The Morgan fingerprint density at radius 1 is 1.27 bits per heavy atom. The highest BCUT2D eigenvalue weighted by Gasteiger charge is 2.02. The molecule has 0 aromatic heterocycles. The van der Waals surface area contributed by atoms with Crippen molar-refractivity contribution in [2.45, 2.75) is 19.8 Å². The van der Waals surface area contributed by atoms with Crippen LogP contribution in [0.3, 0.4) is 0 Å². The van der Waals surface area contributed by atoms with Gasteiger partial charge in [-0.05, 0) is 17.5 Å². The molecule has 2 nitrogen and oxygen atoms in total. The summed E-state index contributed by atoms with van der Waals surface area (Å²) in [7, 11) is 0. The van der Waals surface area contributed by atoms with Crippen LogP contribution < -0.4 is 5.48 Å². The van der Waals surface area contributed by atoms with Crippen LogP contribution in [0.4, 0.5) is 5.69 Å². The van der Waals surface area contributed by atoms with E-state index in [4.69, 9.17) is 5.21 Å². The molecule has 0 aliphatic carbocycles. The summed E-state index contributed by atoms with van der Waals surface area (Å²) >= 11 is 0. The van der Waals surface area contributed by atoms with Crippen LogP contribution in [0.25, 0.3) is 0 Å². The van der Waals surface area contributed by atoms with Gasteiger partial charge in [-0.15, -0.1) is 0 Å². The largest absolute Gasteiger partial charge is 0.291 e. The first-order chi connectivity index (χ1) is 5.25. The predicted octanol–water partition coefficient (Wildman–Crippen LogP) is 2.61. The van der Waals surface area contributed by atoms with E-state index in [9.17, 15) is 0 Å². The van der Waals surface area contributed by atoms with E-state index in [-0.39, 0.29) is 0 Å². The van der Waals surface area contributed by atoms with E-state index in [1.165, 1.54) is 0 Å². The van der Waals surface area contributed by atoms with Gasteiger partial charge >= 0.3 is 0 Å². The first-order valence-electron chi connectivity index (χ1n) is 3.74. The molecule has 60 valence electrons. The van der Waals surface area contributed by atoms with Gasteiger partial charge in [0.1, 0.15) is 0 Å². The fraction of sp³-hybridized carbons (Fsp3) is 0.333. The van der Waals surface area contributed by atoms with Crippen LogP contribution in [0.15, 0.2) is 24.3 Å². The number of para-hydroxylation sites is 1. The Bertz CT molecular complexity index is 233. The molecule has 0 aliphatic rings. The van der Waals surface area contributed by atoms with E-state index in [1.807, 2.05) is 24.3 Å². The molecule has 0 aliphatic heterocycles. The molecule has 0 heterocycles. The second-order valence-electron chi connectivity index (χ2n) is 2.85. The van der Waals surface area contributed by atoms with Crippen molar-refractivity contribution < 1.29 is 5.21 Å². The van der Waals surface area contributed by atoms with Crippen LogP contribution in [0, 0.1) is 0 Å². The number of rotatable bonds is 2. The molecule has 2 heteroatoms. The molecule has 0 saturated heterocycles. The molecule has 0 radical (unpaired) electrons. The first kappa shape index (κ1) is 8.08. The van der Waals surface area contributed by atoms with Crippen molar-refractivity contribution >= 4 is 5.69 Å². The molecule has 2 N–H and O–H groups in total. The van der Waals surface area contributed by atoms with E-state index in [0.717, 1.165) is 11.3 Å². The van der Waals surface area contributed by atoms with Crippen LogP contribution in [-0.4, -0.2) is 5.21 Å². The van der Waals surface area contributed by atoms with E-state index in [1.54, 1.807) is 0 Å². The highest BCUT2D eigenvalue weighted by Crippen LogP contribution is 2.22. The summed E-state index contributed by atoms with van der Waals surface area (Å²) in [5.41, 5.74) is 4.11. The fourth-order valence-electron chi connectivity index (χ4n) is 1.10. The maximum atomic E-state index is 8.72. The lowest BCUT2D eigenvalue weighted by molar-refractivity contribution is 0.387. The number of nitrogens with one attached hydrogen (secondary N) is 1. The normalized spacial score (nSPS) is 10.2. The molecule has 0 bridgehead atoms. The van der Waals surface area contributed by atoms with Crippen molar-refractivity contribution in [3.05, 3.63) is 29.8 Å². The summed E-state index contributed by atoms with van der Waals surface area (Å²) in [5.74, 6) is 0.436. The fourth-order valence-corrected chi connectivity index (χ4v) is 1.10. The van der Waals surface area contributed by atoms with Gasteiger partial charge in [-0.2, -0.15) is 0 Å². The Balaban J connectivity index is 3.02. The van der Waals surface area contributed by atoms with E-state index >= 15 is 0 Å². The van der Waals surface area contributed by atoms with Gasteiger partial charge in [0.15, 0.2) is 0 Å². The van der Waals surface area contributed by atoms with Gasteiger partial charge < -0.3 is 0 Å². The van der Waals surface area contributed by atoms with Gasteiger partial charge in [0.2, 0.25) is 0 Å². The summed E-state index contributed by atoms with van der Waals surface area (Å²) in [5, 5.41) is 8.72. The van der Waals surface area contributed by atoms with Gasteiger partial charge in [-0.25, -0.2) is 0 Å². The third-order valence-corrected chi connectivity index (χ3v) is 1.70. The first-order valence-corrected chi connectivity index (χ1v) is 3.74. The van der Waals surface area contributed by atoms with E-state index in [0.29, 0.717) is 5.92 Å². The molecular formula is C9H13NO. The summed E-state index contributed by atoms with van der Waals surface area (Å²) in [6.07, 6.45) is 0. The van der Waals surface area contributed by atoms with Crippen molar-refractivity contribution in [1.29, 1.82) is 0 Å². The maximum Gasteiger partial charge on any atom is 0.0636 e. The Kier molecular flexibility index (Phi) is 2.49. The number of benzene rings is 1. The summed E-state index contributed by atoms with van der Waals surface area (Å²) < 4.78 is 0. The van der Waals surface area contributed by atoms with Crippen LogP contribution in [0.1, 0.15) is 25.3 Å². The zero-order valence-electron chi connectivity index (χ0n) is 6.83. The minimum atomic E-state index is 0.436. The minimum Gasteiger partial charge on any atom is -0.291 e. The zero-order valence-corrected chi connectivity index (χ0v) is 6.83. The monoisotopic (exact) mass is 151 g/mol. The Morgan fingerprint density at radius 2 is 1.91 bits per heavy atom. The third-order valence-electron chi connectivity index (χ3n) is 1.70. The number of hydrogen-bond donors (Lipinski definition) is 2. The third kappa shape index (κ3) is 1.71. The Hall–Kier alpha value is -1.02. The lowest BCUT2D eigenvalue weighted by atomic mass is 10.0.